The van der Waals surface area contributed by atoms with E-state index in [9.17, 15) is 4.79 Å². The number of hydrogen-bond donors (Lipinski definition) is 2. The molecule has 1 saturated heterocycles. The van der Waals surface area contributed by atoms with Crippen molar-refractivity contribution < 1.29 is 9.69 Å². The Labute approximate surface area is 141 Å². The van der Waals surface area contributed by atoms with Gasteiger partial charge in [0.2, 0.25) is 5.91 Å². The number of rotatable bonds is 2. The van der Waals surface area contributed by atoms with Gasteiger partial charge >= 0.3 is 0 Å². The first-order valence-electron chi connectivity index (χ1n) is 8.16. The lowest BCUT2D eigenvalue weighted by Gasteiger charge is -2.35. The van der Waals surface area contributed by atoms with Crippen LogP contribution in [0.15, 0.2) is 48.5 Å². The van der Waals surface area contributed by atoms with Crippen LogP contribution >= 0.6 is 11.6 Å². The van der Waals surface area contributed by atoms with Gasteiger partial charge in [-0.1, -0.05) is 41.9 Å². The molecule has 3 aliphatic rings. The van der Waals surface area contributed by atoms with E-state index in [1.165, 1.54) is 11.1 Å². The molecule has 2 bridgehead atoms. The summed E-state index contributed by atoms with van der Waals surface area (Å²) in [6.45, 7) is 3.14. The van der Waals surface area contributed by atoms with Gasteiger partial charge in [-0.25, -0.2) is 0 Å². The van der Waals surface area contributed by atoms with Crippen LogP contribution in [0.4, 0.5) is 5.69 Å². The van der Waals surface area contributed by atoms with E-state index in [0.29, 0.717) is 5.02 Å². The number of carbonyl (C=O) groups excluding carboxylic acids is 1. The van der Waals surface area contributed by atoms with Gasteiger partial charge in [-0.15, -0.1) is 0 Å². The third-order valence-corrected chi connectivity index (χ3v) is 5.54. The summed E-state index contributed by atoms with van der Waals surface area (Å²) in [5.41, 5.74) is 2.90. The number of nitrogens with one attached hydrogen (secondary N) is 2. The van der Waals surface area contributed by atoms with Crippen LogP contribution in [0.2, 0.25) is 5.02 Å². The maximum absolute atomic E-state index is 13.2. The Bertz CT molecular complexity index is 751. The highest BCUT2D eigenvalue weighted by Gasteiger charge is 2.48. The molecule has 0 radical (unpaired) electrons. The summed E-state index contributed by atoms with van der Waals surface area (Å²) in [7, 11) is 0. The predicted octanol–water partition coefficient (Wildman–Crippen LogP) is 2.41. The van der Waals surface area contributed by atoms with Gasteiger partial charge in [-0.05, 0) is 23.8 Å². The first kappa shape index (κ1) is 14.7. The van der Waals surface area contributed by atoms with E-state index in [2.05, 4.69) is 29.6 Å². The van der Waals surface area contributed by atoms with Crippen LogP contribution in [-0.2, 0) is 16.8 Å². The van der Waals surface area contributed by atoms with Crippen LogP contribution < -0.4 is 10.2 Å². The molecule has 5 rings (SSSR count). The third-order valence-electron chi connectivity index (χ3n) is 5.30. The monoisotopic (exact) mass is 327 g/mol. The highest BCUT2D eigenvalue weighted by molar-refractivity contribution is 6.30. The van der Waals surface area contributed by atoms with Gasteiger partial charge in [0.05, 0.1) is 18.5 Å². The van der Waals surface area contributed by atoms with Crippen molar-refractivity contribution >= 4 is 23.2 Å². The summed E-state index contributed by atoms with van der Waals surface area (Å²) >= 11 is 6.04. The Kier molecular flexibility index (Phi) is 3.63. The van der Waals surface area contributed by atoms with E-state index >= 15 is 0 Å². The molecule has 3 heterocycles. The van der Waals surface area contributed by atoms with Crippen LogP contribution in [-0.4, -0.2) is 19.0 Å². The van der Waals surface area contributed by atoms with Crippen molar-refractivity contribution in [1.82, 2.24) is 0 Å². The molecule has 3 nitrogen and oxygen atoms in total. The van der Waals surface area contributed by atoms with E-state index in [1.807, 2.05) is 18.2 Å². The second-order valence-corrected chi connectivity index (χ2v) is 7.07. The zero-order valence-corrected chi connectivity index (χ0v) is 13.7. The van der Waals surface area contributed by atoms with Crippen LogP contribution in [0.25, 0.3) is 0 Å². The molecule has 0 atom stereocenters. The quantitative estimate of drug-likeness (QED) is 0.872. The van der Waals surface area contributed by atoms with Gasteiger partial charge in [0.25, 0.3) is 0 Å². The first-order chi connectivity index (χ1) is 11.2. The molecule has 2 aromatic carbocycles. The minimum Gasteiger partial charge on any atom is -0.331 e. The second-order valence-electron chi connectivity index (χ2n) is 6.63. The molecule has 0 aliphatic carbocycles. The van der Waals surface area contributed by atoms with Crippen molar-refractivity contribution in [2.45, 2.75) is 24.8 Å². The van der Waals surface area contributed by atoms with Crippen LogP contribution in [0.3, 0.4) is 0 Å². The van der Waals surface area contributed by atoms with Crippen LogP contribution in [0.5, 0.6) is 0 Å². The van der Waals surface area contributed by atoms with Gasteiger partial charge in [-0.2, -0.15) is 0 Å². The molecule has 118 valence electrons. The largest absolute Gasteiger partial charge is 0.331 e. The average Bonchev–Trinajstić information content (AvgIpc) is 2.82. The average molecular weight is 328 g/mol. The second kappa shape index (κ2) is 5.66. The molecule has 0 unspecified atom stereocenters. The number of carbonyl (C=O) groups is 1. The van der Waals surface area contributed by atoms with E-state index in [-0.39, 0.29) is 5.91 Å². The Balaban J connectivity index is 1.72. The topological polar surface area (TPSA) is 33.5 Å². The van der Waals surface area contributed by atoms with Crippen LogP contribution in [0.1, 0.15) is 24.0 Å². The molecule has 23 heavy (non-hydrogen) atoms. The molecular weight excluding hydrogens is 308 g/mol. The van der Waals surface area contributed by atoms with Gasteiger partial charge < -0.3 is 10.2 Å². The van der Waals surface area contributed by atoms with Gasteiger partial charge in [0.1, 0.15) is 6.54 Å². The molecule has 0 spiro atoms. The number of fused-ring (bicyclic) bond motifs is 2. The lowest BCUT2D eigenvalue weighted by atomic mass is 9.72. The summed E-state index contributed by atoms with van der Waals surface area (Å²) in [6.07, 6.45) is 1.82. The lowest BCUT2D eigenvalue weighted by molar-refractivity contribution is -0.918. The van der Waals surface area contributed by atoms with E-state index < -0.39 is 5.41 Å². The van der Waals surface area contributed by atoms with Crippen molar-refractivity contribution in [1.29, 1.82) is 0 Å². The minimum absolute atomic E-state index is 0.105. The number of benzene rings is 2. The molecule has 3 aliphatic heterocycles. The zero-order chi connectivity index (χ0) is 15.9. The zero-order valence-electron chi connectivity index (χ0n) is 12.9. The van der Waals surface area contributed by atoms with Crippen LogP contribution in [0, 0.1) is 0 Å². The Morgan fingerprint density at radius 2 is 1.87 bits per heavy atom. The molecule has 2 N–H and O–H groups in total. The summed E-state index contributed by atoms with van der Waals surface area (Å²) in [4.78, 5) is 14.8. The Morgan fingerprint density at radius 3 is 2.65 bits per heavy atom. The van der Waals surface area contributed by atoms with Gasteiger partial charge in [0.15, 0.2) is 0 Å². The van der Waals surface area contributed by atoms with E-state index in [4.69, 9.17) is 11.6 Å². The van der Waals surface area contributed by atoms with Crippen molar-refractivity contribution in [3.8, 4) is 0 Å². The predicted molar refractivity (Wildman–Crippen MR) is 91.8 cm³/mol. The van der Waals surface area contributed by atoms with Gasteiger partial charge in [0, 0.05) is 29.1 Å². The number of piperidine rings is 1. The number of hydrogen-bond acceptors (Lipinski definition) is 1. The molecule has 0 saturated carbocycles. The number of quaternary nitrogens is 1. The standard InChI is InChI=1S/C19H19ClN2O/c20-15-5-3-6-16(12-15)21-18(23)19-8-10-22(11-9-19)13-14-4-1-2-7-17(14)19/h1-7,12H,8-11,13H2,(H,21,23)/p+1. The number of halogens is 1. The molecule has 4 heteroatoms. The maximum Gasteiger partial charge on any atom is 0.235 e. The normalized spacial score (nSPS) is 25.5. The lowest BCUT2D eigenvalue weighted by Crippen LogP contribution is -3.11. The summed E-state index contributed by atoms with van der Waals surface area (Å²) in [6, 6.07) is 15.8. The fourth-order valence-corrected chi connectivity index (χ4v) is 4.24. The summed E-state index contributed by atoms with van der Waals surface area (Å²) in [5.74, 6) is 0.105. The van der Waals surface area contributed by atoms with E-state index in [1.54, 1.807) is 11.0 Å². The third kappa shape index (κ3) is 2.54. The smallest absolute Gasteiger partial charge is 0.235 e. The molecule has 2 aromatic rings. The molecule has 1 amide bonds. The fourth-order valence-electron chi connectivity index (χ4n) is 4.05. The molecule has 1 fully saturated rings. The van der Waals surface area contributed by atoms with Crippen molar-refractivity contribution in [3.63, 3.8) is 0 Å². The minimum atomic E-state index is -0.404. The van der Waals surface area contributed by atoms with Crippen molar-refractivity contribution in [2.75, 3.05) is 18.4 Å². The highest BCUT2D eigenvalue weighted by Crippen LogP contribution is 2.38. The van der Waals surface area contributed by atoms with Crippen molar-refractivity contribution in [3.05, 3.63) is 64.7 Å². The first-order valence-corrected chi connectivity index (χ1v) is 8.54. The summed E-state index contributed by atoms with van der Waals surface area (Å²) < 4.78 is 0. The maximum atomic E-state index is 13.2. The SMILES string of the molecule is O=C(Nc1cccc(Cl)c1)C12CC[NH+](CC1)Cc1ccccc12. The molecule has 0 aromatic heterocycles. The number of anilines is 1. The van der Waals surface area contributed by atoms with Gasteiger partial charge in [-0.3, -0.25) is 4.79 Å². The number of amides is 1. The summed E-state index contributed by atoms with van der Waals surface area (Å²) in [5, 5.41) is 3.74. The highest BCUT2D eigenvalue weighted by atomic mass is 35.5. The van der Waals surface area contributed by atoms with E-state index in [0.717, 1.165) is 38.2 Å². The molecular formula is C19H20ClN2O+. The Morgan fingerprint density at radius 1 is 1.09 bits per heavy atom. The van der Waals surface area contributed by atoms with Crippen molar-refractivity contribution in [2.24, 2.45) is 0 Å². The fraction of sp³-hybridized carbons (Fsp3) is 0.316. The Hall–Kier alpha value is -1.84.